The molecule has 1 aliphatic heterocycles. The molecule has 2 heterocycles. The van der Waals surface area contributed by atoms with Gasteiger partial charge in [-0.25, -0.2) is 0 Å². The summed E-state index contributed by atoms with van der Waals surface area (Å²) in [6.45, 7) is 6.00. The smallest absolute Gasteiger partial charge is 0.453 e. The van der Waals surface area contributed by atoms with Gasteiger partial charge in [0.1, 0.15) is 12.3 Å². The lowest BCUT2D eigenvalue weighted by Crippen LogP contribution is -3.12. The number of hydrogen-bond acceptors (Lipinski definition) is 5. The van der Waals surface area contributed by atoms with Crippen LogP contribution in [0.5, 0.6) is 23.0 Å². The van der Waals surface area contributed by atoms with E-state index in [1.54, 1.807) is 19.1 Å². The number of para-hydroxylation sites is 2. The highest BCUT2D eigenvalue weighted by molar-refractivity contribution is 5.83. The summed E-state index contributed by atoms with van der Waals surface area (Å²) in [6, 6.07) is 8.73. The number of phenols is 1. The van der Waals surface area contributed by atoms with Crippen molar-refractivity contribution in [3.8, 4) is 23.0 Å². The van der Waals surface area contributed by atoms with Crippen LogP contribution < -0.4 is 19.8 Å². The Morgan fingerprint density at radius 2 is 1.91 bits per heavy atom. The van der Waals surface area contributed by atoms with Crippen molar-refractivity contribution < 1.29 is 37.1 Å². The quantitative estimate of drug-likeness (QED) is 0.545. The summed E-state index contributed by atoms with van der Waals surface area (Å²) >= 11 is 0. The third-order valence-electron chi connectivity index (χ3n) is 6.01. The Labute approximate surface area is 194 Å². The molecule has 0 amide bonds. The van der Waals surface area contributed by atoms with Crippen molar-refractivity contribution >= 4 is 11.0 Å². The Balaban J connectivity index is 1.86. The first-order valence-electron chi connectivity index (χ1n) is 11.3. The van der Waals surface area contributed by atoms with Crippen LogP contribution in [0.1, 0.15) is 38.0 Å². The van der Waals surface area contributed by atoms with Gasteiger partial charge in [0.05, 0.1) is 30.6 Å². The fourth-order valence-electron chi connectivity index (χ4n) is 4.46. The molecule has 6 nitrogen and oxygen atoms in total. The van der Waals surface area contributed by atoms with Crippen molar-refractivity contribution in [1.29, 1.82) is 0 Å². The van der Waals surface area contributed by atoms with Gasteiger partial charge in [0.15, 0.2) is 17.1 Å². The predicted molar refractivity (Wildman–Crippen MR) is 120 cm³/mol. The molecule has 1 saturated heterocycles. The standard InChI is InChI=1S/C25H26F3NO5/c1-3-32-19-8-4-5-9-20(19)33-23-21(31)16-10-11-18(30)17(14-29-12-6-7-15(2)13-29)22(16)34-24(23)25(26,27)28/h4-5,8-11,15,30H,3,6-7,12-14H2,1-2H3/p+1. The molecule has 2 unspecified atom stereocenters. The molecule has 2 aromatic carbocycles. The molecular formula is C25H27F3NO5+. The zero-order chi connectivity index (χ0) is 24.5. The molecule has 1 fully saturated rings. The summed E-state index contributed by atoms with van der Waals surface area (Å²) in [5.74, 6) is -2.10. The number of halogens is 3. The average Bonchev–Trinajstić information content (AvgIpc) is 2.78. The van der Waals surface area contributed by atoms with Gasteiger partial charge in [-0.3, -0.25) is 4.79 Å². The first-order chi connectivity index (χ1) is 16.2. The van der Waals surface area contributed by atoms with Crippen LogP contribution in [0.3, 0.4) is 0 Å². The molecule has 1 aromatic heterocycles. The second kappa shape index (κ2) is 9.58. The van der Waals surface area contributed by atoms with Gasteiger partial charge < -0.3 is 23.9 Å². The molecule has 0 bridgehead atoms. The van der Waals surface area contributed by atoms with E-state index in [0.29, 0.717) is 5.92 Å². The van der Waals surface area contributed by atoms with Crippen LogP contribution in [-0.4, -0.2) is 24.8 Å². The molecule has 4 rings (SSSR count). The molecule has 2 atom stereocenters. The SMILES string of the molecule is CCOc1ccccc1Oc1c(C(F)(F)F)oc2c(C[NH+]3CCCC(C)C3)c(O)ccc2c1=O. The number of phenolic OH excluding ortho intramolecular Hbond substituents is 1. The Kier molecular flexibility index (Phi) is 6.74. The van der Waals surface area contributed by atoms with Crippen LogP contribution >= 0.6 is 0 Å². The number of hydrogen-bond donors (Lipinski definition) is 2. The molecule has 0 aliphatic carbocycles. The molecule has 0 spiro atoms. The van der Waals surface area contributed by atoms with Crippen LogP contribution in [0.25, 0.3) is 11.0 Å². The zero-order valence-corrected chi connectivity index (χ0v) is 19.0. The Bertz CT molecular complexity index is 1240. The lowest BCUT2D eigenvalue weighted by atomic mass is 9.99. The number of nitrogens with one attached hydrogen (secondary N) is 1. The summed E-state index contributed by atoms with van der Waals surface area (Å²) < 4.78 is 58.3. The van der Waals surface area contributed by atoms with E-state index in [0.717, 1.165) is 30.8 Å². The van der Waals surface area contributed by atoms with E-state index in [1.807, 2.05) is 0 Å². The minimum Gasteiger partial charge on any atom is -0.507 e. The molecule has 3 aromatic rings. The fraction of sp³-hybridized carbons (Fsp3) is 0.400. The summed E-state index contributed by atoms with van der Waals surface area (Å²) in [4.78, 5) is 14.4. The normalized spacial score (nSPS) is 18.7. The number of alkyl halides is 3. The van der Waals surface area contributed by atoms with Gasteiger partial charge in [-0.15, -0.1) is 0 Å². The van der Waals surface area contributed by atoms with E-state index in [9.17, 15) is 23.1 Å². The minimum atomic E-state index is -5.00. The third-order valence-corrected chi connectivity index (χ3v) is 6.01. The predicted octanol–water partition coefficient (Wildman–Crippen LogP) is 4.52. The molecule has 0 radical (unpaired) electrons. The number of aromatic hydroxyl groups is 1. The van der Waals surface area contributed by atoms with E-state index in [2.05, 4.69) is 6.92 Å². The van der Waals surface area contributed by atoms with Crippen LogP contribution in [0.4, 0.5) is 13.2 Å². The Morgan fingerprint density at radius 1 is 1.18 bits per heavy atom. The fourth-order valence-corrected chi connectivity index (χ4v) is 4.46. The van der Waals surface area contributed by atoms with E-state index in [1.165, 1.54) is 24.3 Å². The van der Waals surface area contributed by atoms with Crippen molar-refractivity contribution in [3.63, 3.8) is 0 Å². The summed E-state index contributed by atoms with van der Waals surface area (Å²) in [7, 11) is 0. The van der Waals surface area contributed by atoms with E-state index >= 15 is 0 Å². The van der Waals surface area contributed by atoms with Gasteiger partial charge in [0, 0.05) is 5.92 Å². The van der Waals surface area contributed by atoms with Gasteiger partial charge in [-0.2, -0.15) is 13.2 Å². The third kappa shape index (κ3) is 4.84. The van der Waals surface area contributed by atoms with Crippen molar-refractivity contribution in [2.45, 2.75) is 39.4 Å². The minimum absolute atomic E-state index is 0.0350. The first-order valence-corrected chi connectivity index (χ1v) is 11.3. The number of quaternary nitrogens is 1. The highest BCUT2D eigenvalue weighted by atomic mass is 19.4. The number of rotatable bonds is 6. The molecule has 2 N–H and O–H groups in total. The summed E-state index contributed by atoms with van der Waals surface area (Å²) in [5, 5.41) is 10.4. The van der Waals surface area contributed by atoms with E-state index in [4.69, 9.17) is 13.9 Å². The lowest BCUT2D eigenvalue weighted by Gasteiger charge is -2.28. The largest absolute Gasteiger partial charge is 0.507 e. The van der Waals surface area contributed by atoms with Gasteiger partial charge in [0.2, 0.25) is 11.2 Å². The first kappa shape index (κ1) is 23.9. The van der Waals surface area contributed by atoms with Crippen LogP contribution in [0.15, 0.2) is 45.6 Å². The monoisotopic (exact) mass is 478 g/mol. The number of benzene rings is 2. The summed E-state index contributed by atoms with van der Waals surface area (Å²) in [6.07, 6.45) is -2.93. The van der Waals surface area contributed by atoms with Crippen molar-refractivity contribution in [3.05, 3.63) is 57.9 Å². The van der Waals surface area contributed by atoms with Gasteiger partial charge in [0.25, 0.3) is 5.76 Å². The van der Waals surface area contributed by atoms with Crippen LogP contribution in [-0.2, 0) is 12.7 Å². The lowest BCUT2D eigenvalue weighted by molar-refractivity contribution is -0.922. The second-order valence-corrected chi connectivity index (χ2v) is 8.64. The maximum Gasteiger partial charge on any atom is 0.453 e. The maximum absolute atomic E-state index is 14.0. The zero-order valence-electron chi connectivity index (χ0n) is 19.0. The number of fused-ring (bicyclic) bond motifs is 1. The highest BCUT2D eigenvalue weighted by Gasteiger charge is 2.41. The van der Waals surface area contributed by atoms with Gasteiger partial charge >= 0.3 is 6.18 Å². The van der Waals surface area contributed by atoms with Crippen molar-refractivity contribution in [2.75, 3.05) is 19.7 Å². The Hall–Kier alpha value is -3.20. The maximum atomic E-state index is 14.0. The molecule has 0 saturated carbocycles. The molecule has 9 heteroatoms. The van der Waals surface area contributed by atoms with E-state index in [-0.39, 0.29) is 46.9 Å². The molecule has 1 aliphatic rings. The second-order valence-electron chi connectivity index (χ2n) is 8.64. The van der Waals surface area contributed by atoms with Crippen LogP contribution in [0.2, 0.25) is 0 Å². The van der Waals surface area contributed by atoms with E-state index < -0.39 is 23.1 Å². The average molecular weight is 478 g/mol. The highest BCUT2D eigenvalue weighted by Crippen LogP contribution is 2.41. The number of piperidine rings is 1. The topological polar surface area (TPSA) is 73.3 Å². The molecule has 34 heavy (non-hydrogen) atoms. The van der Waals surface area contributed by atoms with Crippen molar-refractivity contribution in [1.82, 2.24) is 0 Å². The van der Waals surface area contributed by atoms with Gasteiger partial charge in [-0.05, 0) is 44.0 Å². The number of ether oxygens (including phenoxy) is 2. The van der Waals surface area contributed by atoms with Crippen molar-refractivity contribution in [2.24, 2.45) is 5.92 Å². The molecule has 182 valence electrons. The van der Waals surface area contributed by atoms with Gasteiger partial charge in [-0.1, -0.05) is 19.1 Å². The summed E-state index contributed by atoms with van der Waals surface area (Å²) in [5.41, 5.74) is -1.05. The number of likely N-dealkylation sites (tertiary alicyclic amines) is 1. The molecular weight excluding hydrogens is 451 g/mol. The Morgan fingerprint density at radius 3 is 2.59 bits per heavy atom. The van der Waals surface area contributed by atoms with Crippen LogP contribution in [0, 0.1) is 5.92 Å².